The fourth-order valence-corrected chi connectivity index (χ4v) is 5.13. The first-order chi connectivity index (χ1) is 19.8. The molecule has 0 bridgehead atoms. The third kappa shape index (κ3) is 8.49. The molecule has 0 unspecified atom stereocenters. The van der Waals surface area contributed by atoms with Crippen molar-refractivity contribution in [3.8, 4) is 17.2 Å². The number of nitrogens with zero attached hydrogens (tertiary/aromatic N) is 1. The number of hydrogen-bond donors (Lipinski definition) is 1. The summed E-state index contributed by atoms with van der Waals surface area (Å²) in [5.74, 6) is -0.635. The van der Waals surface area contributed by atoms with Crippen molar-refractivity contribution in [2.45, 2.75) is 32.0 Å². The molecule has 1 aromatic heterocycles. The van der Waals surface area contributed by atoms with Crippen molar-refractivity contribution in [1.82, 2.24) is 0 Å². The highest BCUT2D eigenvalue weighted by Crippen LogP contribution is 2.38. The second-order valence-electron chi connectivity index (χ2n) is 9.52. The fourth-order valence-electron chi connectivity index (χ4n) is 3.96. The Labute approximate surface area is 250 Å². The van der Waals surface area contributed by atoms with Crippen LogP contribution in [0.3, 0.4) is 0 Å². The zero-order chi connectivity index (χ0) is 30.6. The number of nitrogens with one attached hydrogen (secondary N) is 1. The van der Waals surface area contributed by atoms with Gasteiger partial charge in [0.25, 0.3) is 0 Å². The molecule has 2 aromatic carbocycles. The van der Waals surface area contributed by atoms with Crippen LogP contribution >= 0.6 is 23.2 Å². The van der Waals surface area contributed by atoms with E-state index in [0.29, 0.717) is 28.4 Å². The minimum atomic E-state index is -3.63. The van der Waals surface area contributed by atoms with Gasteiger partial charge < -0.3 is 24.2 Å². The largest absolute Gasteiger partial charge is 0.619 e. The van der Waals surface area contributed by atoms with Gasteiger partial charge in [0.05, 0.1) is 31.2 Å². The van der Waals surface area contributed by atoms with Crippen LogP contribution in [0.25, 0.3) is 0 Å². The van der Waals surface area contributed by atoms with E-state index >= 15 is 0 Å². The normalized spacial score (nSPS) is 13.9. The van der Waals surface area contributed by atoms with Crippen LogP contribution < -0.4 is 23.7 Å². The lowest BCUT2D eigenvalue weighted by atomic mass is 10.0. The van der Waals surface area contributed by atoms with Gasteiger partial charge in [-0.1, -0.05) is 29.3 Å². The topological polar surface area (TPSA) is 127 Å². The van der Waals surface area contributed by atoms with E-state index in [1.165, 1.54) is 43.5 Å². The average Bonchev–Trinajstić information content (AvgIpc) is 3.73. The van der Waals surface area contributed by atoms with Gasteiger partial charge in [0.1, 0.15) is 21.9 Å². The molecule has 0 aliphatic heterocycles. The highest BCUT2D eigenvalue weighted by Gasteiger charge is 2.27. The number of ether oxygens (including phenoxy) is 4. The number of sulfonamides is 1. The number of aromatic nitrogens is 1. The molecule has 15 heteroatoms. The summed E-state index contributed by atoms with van der Waals surface area (Å²) in [4.78, 5) is 13.3. The Morgan fingerprint density at radius 2 is 1.79 bits per heavy atom. The van der Waals surface area contributed by atoms with Crippen molar-refractivity contribution in [1.29, 1.82) is 0 Å². The molecular formula is C27H26Cl2F2N2O8S. The summed E-state index contributed by atoms with van der Waals surface area (Å²) in [7, 11) is -2.33. The Hall–Kier alpha value is -3.55. The highest BCUT2D eigenvalue weighted by atomic mass is 35.5. The van der Waals surface area contributed by atoms with Crippen LogP contribution in [0.5, 0.6) is 17.2 Å². The van der Waals surface area contributed by atoms with Crippen LogP contribution in [0.2, 0.25) is 10.0 Å². The van der Waals surface area contributed by atoms with E-state index in [-0.39, 0.29) is 45.0 Å². The molecule has 1 aliphatic carbocycles. The molecule has 0 amide bonds. The van der Waals surface area contributed by atoms with Crippen LogP contribution in [-0.4, -0.2) is 41.0 Å². The van der Waals surface area contributed by atoms with Crippen LogP contribution in [0, 0.1) is 11.1 Å². The summed E-state index contributed by atoms with van der Waals surface area (Å²) < 4.78 is 73.7. The van der Waals surface area contributed by atoms with Gasteiger partial charge in [0.15, 0.2) is 23.9 Å². The van der Waals surface area contributed by atoms with Gasteiger partial charge in [-0.25, -0.2) is 13.2 Å². The number of halogens is 4. The number of pyridine rings is 1. The summed E-state index contributed by atoms with van der Waals surface area (Å²) in [6.07, 6.45) is 3.85. The number of carbonyl (C=O) groups excluding carboxylic acids is 1. The molecule has 1 heterocycles. The first-order valence-corrected chi connectivity index (χ1v) is 15.1. The number of alkyl halides is 2. The number of carbonyl (C=O) groups is 1. The standard InChI is InChI=1S/C27H26Cl2F2N2O8S/c1-38-24-10-17(5-7-21(24)32-42(2,36)37)26(34)40-23(11-18-19(28)12-33(35)13-20(18)29)16-6-8-22(41-27(30)31)25(9-16)39-14-15-3-4-15/h5-10,12-13,15,23,27,32H,3-4,11,14H2,1-2H3/t23-/m0/s1. The van der Waals surface area contributed by atoms with Crippen molar-refractivity contribution >= 4 is 44.9 Å². The maximum atomic E-state index is 13.3. The Kier molecular flexibility index (Phi) is 9.85. The molecule has 1 saturated carbocycles. The predicted octanol–water partition coefficient (Wildman–Crippen LogP) is 5.54. The molecule has 0 spiro atoms. The zero-order valence-corrected chi connectivity index (χ0v) is 24.6. The Bertz CT molecular complexity index is 1550. The van der Waals surface area contributed by atoms with E-state index in [2.05, 4.69) is 9.46 Å². The number of esters is 1. The van der Waals surface area contributed by atoms with Gasteiger partial charge in [-0.2, -0.15) is 13.5 Å². The molecule has 1 fully saturated rings. The molecular weight excluding hydrogens is 621 g/mol. The number of benzene rings is 2. The van der Waals surface area contributed by atoms with E-state index in [1.54, 1.807) is 0 Å². The number of rotatable bonds is 13. The average molecular weight is 647 g/mol. The molecule has 0 radical (unpaired) electrons. The van der Waals surface area contributed by atoms with E-state index in [0.717, 1.165) is 31.5 Å². The summed E-state index contributed by atoms with van der Waals surface area (Å²) >= 11 is 12.6. The van der Waals surface area contributed by atoms with Gasteiger partial charge in [-0.3, -0.25) is 4.72 Å². The minimum absolute atomic E-state index is 0.0132. The highest BCUT2D eigenvalue weighted by molar-refractivity contribution is 7.92. The molecule has 10 nitrogen and oxygen atoms in total. The van der Waals surface area contributed by atoms with Gasteiger partial charge in [0, 0.05) is 12.0 Å². The maximum Gasteiger partial charge on any atom is 0.387 e. The monoisotopic (exact) mass is 646 g/mol. The molecule has 226 valence electrons. The van der Waals surface area contributed by atoms with Gasteiger partial charge in [-0.15, -0.1) is 0 Å². The maximum absolute atomic E-state index is 13.3. The lowest BCUT2D eigenvalue weighted by Crippen LogP contribution is -2.25. The van der Waals surface area contributed by atoms with E-state index in [4.69, 9.17) is 37.4 Å². The van der Waals surface area contributed by atoms with Gasteiger partial charge in [-0.05, 0) is 54.7 Å². The Balaban J connectivity index is 1.70. The van der Waals surface area contributed by atoms with E-state index in [9.17, 15) is 27.2 Å². The molecule has 42 heavy (non-hydrogen) atoms. The Morgan fingerprint density at radius 3 is 2.38 bits per heavy atom. The van der Waals surface area contributed by atoms with Gasteiger partial charge in [0.2, 0.25) is 10.0 Å². The zero-order valence-electron chi connectivity index (χ0n) is 22.3. The number of anilines is 1. The van der Waals surface area contributed by atoms with Crippen LogP contribution in [0.15, 0.2) is 48.8 Å². The SMILES string of the molecule is COc1cc(C(=O)O[C@@H](Cc2c(Cl)c[n+]([O-])cc2Cl)c2ccc(OC(F)F)c(OCC3CC3)c2)ccc1NS(C)(=O)=O. The quantitative estimate of drug-likeness (QED) is 0.146. The Morgan fingerprint density at radius 1 is 1.10 bits per heavy atom. The second kappa shape index (κ2) is 13.2. The predicted molar refractivity (Wildman–Crippen MR) is 150 cm³/mol. The van der Waals surface area contributed by atoms with Crippen LogP contribution in [-0.2, 0) is 21.2 Å². The van der Waals surface area contributed by atoms with E-state index in [1.807, 2.05) is 0 Å². The van der Waals surface area contributed by atoms with E-state index < -0.39 is 28.7 Å². The van der Waals surface area contributed by atoms with Crippen molar-refractivity contribution in [2.75, 3.05) is 24.7 Å². The molecule has 1 aliphatic rings. The third-order valence-corrected chi connectivity index (χ3v) is 7.40. The second-order valence-corrected chi connectivity index (χ2v) is 12.1. The van der Waals surface area contributed by atoms with Crippen LogP contribution in [0.1, 0.15) is 40.4 Å². The van der Waals surface area contributed by atoms with Gasteiger partial charge >= 0.3 is 12.6 Å². The summed E-state index contributed by atoms with van der Waals surface area (Å²) in [6, 6.07) is 8.10. The lowest BCUT2D eigenvalue weighted by Gasteiger charge is -2.22. The molecule has 4 rings (SSSR count). The summed E-state index contributed by atoms with van der Waals surface area (Å²) in [5.41, 5.74) is 0.751. The number of hydrogen-bond acceptors (Lipinski definition) is 8. The molecule has 1 N–H and O–H groups in total. The molecule has 3 aromatic rings. The smallest absolute Gasteiger partial charge is 0.387 e. The molecule has 0 saturated heterocycles. The third-order valence-electron chi connectivity index (χ3n) is 6.16. The van der Waals surface area contributed by atoms with Crippen LogP contribution in [0.4, 0.5) is 14.5 Å². The van der Waals surface area contributed by atoms with Crippen molar-refractivity contribution < 1.29 is 45.7 Å². The summed E-state index contributed by atoms with van der Waals surface area (Å²) in [5, 5.41) is 11.8. The summed E-state index contributed by atoms with van der Waals surface area (Å²) in [6.45, 7) is -2.80. The van der Waals surface area contributed by atoms with Crippen molar-refractivity contribution in [2.24, 2.45) is 5.92 Å². The van der Waals surface area contributed by atoms with Crippen molar-refractivity contribution in [3.63, 3.8) is 0 Å². The van der Waals surface area contributed by atoms with Crippen molar-refractivity contribution in [3.05, 3.63) is 80.7 Å². The minimum Gasteiger partial charge on any atom is -0.619 e. The first-order valence-electron chi connectivity index (χ1n) is 12.5. The first kappa shape index (κ1) is 31.4. The number of methoxy groups -OCH3 is 1. The molecule has 1 atom stereocenters. The lowest BCUT2D eigenvalue weighted by molar-refractivity contribution is -0.605. The fraction of sp³-hybridized carbons (Fsp3) is 0.333.